The maximum Gasteiger partial charge on any atom is 0.316 e. The fraction of sp³-hybridized carbons (Fsp3) is 0.263. The molecule has 0 spiro atoms. The summed E-state index contributed by atoms with van der Waals surface area (Å²) in [4.78, 5) is 26.0. The Morgan fingerprint density at radius 2 is 1.83 bits per heavy atom. The van der Waals surface area contributed by atoms with Crippen LogP contribution in [0.5, 0.6) is 5.75 Å². The lowest BCUT2D eigenvalue weighted by atomic mass is 10.1. The Balaban J connectivity index is 1.69. The van der Waals surface area contributed by atoms with Crippen molar-refractivity contribution in [3.8, 4) is 5.75 Å². The molecule has 5 heteroatoms. The Labute approximate surface area is 139 Å². The van der Waals surface area contributed by atoms with Gasteiger partial charge in [-0.2, -0.15) is 0 Å². The van der Waals surface area contributed by atoms with Crippen LogP contribution in [0.25, 0.3) is 0 Å². The zero-order valence-electron chi connectivity index (χ0n) is 13.6. The van der Waals surface area contributed by atoms with Crippen LogP contribution >= 0.6 is 0 Å². The van der Waals surface area contributed by atoms with Crippen molar-refractivity contribution in [2.75, 3.05) is 11.4 Å². The number of hydrogen-bond donors (Lipinski definition) is 0. The molecule has 1 atom stereocenters. The first-order chi connectivity index (χ1) is 11.4. The zero-order chi connectivity index (χ0) is 17.3. The van der Waals surface area contributed by atoms with Gasteiger partial charge < -0.3 is 9.64 Å². The van der Waals surface area contributed by atoms with E-state index < -0.39 is 11.9 Å². The Bertz CT molecular complexity index is 786. The lowest BCUT2D eigenvalue weighted by molar-refractivity contribution is -0.139. The lowest BCUT2D eigenvalue weighted by Gasteiger charge is -2.16. The van der Waals surface area contributed by atoms with Gasteiger partial charge in [-0.3, -0.25) is 9.59 Å². The molecule has 2 aromatic rings. The standard InChI is InChI=1S/C19H18FNO3/c1-12-3-8-17(9-13(12)2)24-19(23)14-10-18(22)21(11-14)16-6-4-15(20)5-7-16/h3-9,14H,10-11H2,1-2H3/t14-/m0/s1. The summed E-state index contributed by atoms with van der Waals surface area (Å²) in [5.41, 5.74) is 2.74. The minimum Gasteiger partial charge on any atom is -0.426 e. The van der Waals surface area contributed by atoms with Gasteiger partial charge in [-0.25, -0.2) is 4.39 Å². The Hall–Kier alpha value is -2.69. The van der Waals surface area contributed by atoms with E-state index in [-0.39, 0.29) is 24.7 Å². The summed E-state index contributed by atoms with van der Waals surface area (Å²) in [5, 5.41) is 0. The number of halogens is 1. The predicted octanol–water partition coefficient (Wildman–Crippen LogP) is 3.40. The van der Waals surface area contributed by atoms with Crippen molar-refractivity contribution in [3.63, 3.8) is 0 Å². The first-order valence-electron chi connectivity index (χ1n) is 7.79. The molecule has 1 amide bonds. The highest BCUT2D eigenvalue weighted by Gasteiger charge is 2.36. The number of anilines is 1. The van der Waals surface area contributed by atoms with Crippen molar-refractivity contribution >= 4 is 17.6 Å². The maximum atomic E-state index is 13.0. The second-order valence-electron chi connectivity index (χ2n) is 6.05. The summed E-state index contributed by atoms with van der Waals surface area (Å²) >= 11 is 0. The second-order valence-corrected chi connectivity index (χ2v) is 6.05. The van der Waals surface area contributed by atoms with Gasteiger partial charge in [0.25, 0.3) is 0 Å². The number of carbonyl (C=O) groups is 2. The summed E-state index contributed by atoms with van der Waals surface area (Å²) in [6.45, 7) is 4.17. The fourth-order valence-corrected chi connectivity index (χ4v) is 2.71. The minimum absolute atomic E-state index is 0.0983. The molecular formula is C19H18FNO3. The van der Waals surface area contributed by atoms with Crippen LogP contribution in [0.1, 0.15) is 17.5 Å². The van der Waals surface area contributed by atoms with Gasteiger partial charge in [0.05, 0.1) is 5.92 Å². The maximum absolute atomic E-state index is 13.0. The highest BCUT2D eigenvalue weighted by atomic mass is 19.1. The normalized spacial score (nSPS) is 17.2. The van der Waals surface area contributed by atoms with E-state index in [0.29, 0.717) is 11.4 Å². The van der Waals surface area contributed by atoms with E-state index in [1.54, 1.807) is 6.07 Å². The van der Waals surface area contributed by atoms with Crippen LogP contribution in [0.4, 0.5) is 10.1 Å². The molecule has 124 valence electrons. The van der Waals surface area contributed by atoms with E-state index in [1.165, 1.54) is 29.2 Å². The number of rotatable bonds is 3. The van der Waals surface area contributed by atoms with Gasteiger partial charge in [0.2, 0.25) is 5.91 Å². The Morgan fingerprint density at radius 1 is 1.12 bits per heavy atom. The first-order valence-corrected chi connectivity index (χ1v) is 7.79. The Kier molecular flexibility index (Phi) is 4.34. The van der Waals surface area contributed by atoms with Gasteiger partial charge in [0.15, 0.2) is 0 Å². The van der Waals surface area contributed by atoms with E-state index in [4.69, 9.17) is 4.74 Å². The molecule has 1 heterocycles. The van der Waals surface area contributed by atoms with Gasteiger partial charge >= 0.3 is 5.97 Å². The molecule has 1 saturated heterocycles. The molecule has 3 rings (SSSR count). The van der Waals surface area contributed by atoms with Crippen LogP contribution in [-0.2, 0) is 9.59 Å². The molecule has 0 N–H and O–H groups in total. The van der Waals surface area contributed by atoms with Gasteiger partial charge in [0, 0.05) is 18.7 Å². The van der Waals surface area contributed by atoms with Crippen LogP contribution < -0.4 is 9.64 Å². The number of nitrogens with zero attached hydrogens (tertiary/aromatic N) is 1. The van der Waals surface area contributed by atoms with Gasteiger partial charge in [0.1, 0.15) is 11.6 Å². The van der Waals surface area contributed by atoms with Crippen LogP contribution in [0.3, 0.4) is 0 Å². The van der Waals surface area contributed by atoms with Crippen molar-refractivity contribution in [2.24, 2.45) is 5.92 Å². The topological polar surface area (TPSA) is 46.6 Å². The highest BCUT2D eigenvalue weighted by Crippen LogP contribution is 2.27. The summed E-state index contributed by atoms with van der Waals surface area (Å²) in [6, 6.07) is 11.1. The molecule has 1 aliphatic rings. The number of amides is 1. The fourth-order valence-electron chi connectivity index (χ4n) is 2.71. The van der Waals surface area contributed by atoms with Gasteiger partial charge in [-0.1, -0.05) is 6.07 Å². The monoisotopic (exact) mass is 327 g/mol. The predicted molar refractivity (Wildman–Crippen MR) is 88.4 cm³/mol. The highest BCUT2D eigenvalue weighted by molar-refractivity contribution is 5.99. The largest absolute Gasteiger partial charge is 0.426 e. The zero-order valence-corrected chi connectivity index (χ0v) is 13.6. The third kappa shape index (κ3) is 3.30. The van der Waals surface area contributed by atoms with E-state index in [9.17, 15) is 14.0 Å². The van der Waals surface area contributed by atoms with E-state index in [0.717, 1.165) is 11.1 Å². The molecule has 0 unspecified atom stereocenters. The number of esters is 1. The van der Waals surface area contributed by atoms with Crippen molar-refractivity contribution in [1.82, 2.24) is 0 Å². The number of hydrogen-bond acceptors (Lipinski definition) is 3. The first kappa shape index (κ1) is 16.2. The van der Waals surface area contributed by atoms with Crippen molar-refractivity contribution in [3.05, 3.63) is 59.4 Å². The summed E-state index contributed by atoms with van der Waals surface area (Å²) in [7, 11) is 0. The quantitative estimate of drug-likeness (QED) is 0.641. The van der Waals surface area contributed by atoms with Crippen LogP contribution in [-0.4, -0.2) is 18.4 Å². The molecule has 1 fully saturated rings. The van der Waals surface area contributed by atoms with Crippen LogP contribution in [0.2, 0.25) is 0 Å². The van der Waals surface area contributed by atoms with Crippen LogP contribution in [0.15, 0.2) is 42.5 Å². The second kappa shape index (κ2) is 6.43. The third-order valence-electron chi connectivity index (χ3n) is 4.29. The molecule has 24 heavy (non-hydrogen) atoms. The molecule has 0 saturated carbocycles. The van der Waals surface area contributed by atoms with E-state index >= 15 is 0 Å². The molecule has 0 bridgehead atoms. The number of benzene rings is 2. The Morgan fingerprint density at radius 3 is 2.50 bits per heavy atom. The van der Waals surface area contributed by atoms with Crippen molar-refractivity contribution < 1.29 is 18.7 Å². The van der Waals surface area contributed by atoms with Gasteiger partial charge in [-0.15, -0.1) is 0 Å². The number of ether oxygens (including phenoxy) is 1. The molecule has 0 aromatic heterocycles. The number of carbonyl (C=O) groups excluding carboxylic acids is 2. The molecule has 1 aliphatic heterocycles. The van der Waals surface area contributed by atoms with Gasteiger partial charge in [-0.05, 0) is 61.4 Å². The summed E-state index contributed by atoms with van der Waals surface area (Å²) in [6.07, 6.45) is 0.0983. The minimum atomic E-state index is -0.524. The van der Waals surface area contributed by atoms with Crippen molar-refractivity contribution in [1.29, 1.82) is 0 Å². The average Bonchev–Trinajstić information content (AvgIpc) is 2.94. The summed E-state index contributed by atoms with van der Waals surface area (Å²) in [5.74, 6) is -0.990. The summed E-state index contributed by atoms with van der Waals surface area (Å²) < 4.78 is 18.4. The third-order valence-corrected chi connectivity index (χ3v) is 4.29. The molecule has 4 nitrogen and oxygen atoms in total. The molecule has 2 aromatic carbocycles. The lowest BCUT2D eigenvalue weighted by Crippen LogP contribution is -2.27. The molecular weight excluding hydrogens is 309 g/mol. The molecule has 0 aliphatic carbocycles. The number of aryl methyl sites for hydroxylation is 2. The van der Waals surface area contributed by atoms with Crippen molar-refractivity contribution in [2.45, 2.75) is 20.3 Å². The van der Waals surface area contributed by atoms with E-state index in [1.807, 2.05) is 26.0 Å². The van der Waals surface area contributed by atoms with E-state index in [2.05, 4.69) is 0 Å². The van der Waals surface area contributed by atoms with Crippen LogP contribution in [0, 0.1) is 25.6 Å². The smallest absolute Gasteiger partial charge is 0.316 e. The molecule has 0 radical (unpaired) electrons. The SMILES string of the molecule is Cc1ccc(OC(=O)[C@H]2CC(=O)N(c3ccc(F)cc3)C2)cc1C. The average molecular weight is 327 g/mol.